The third kappa shape index (κ3) is 3.12. The Morgan fingerprint density at radius 3 is 2.92 bits per heavy atom. The van der Waals surface area contributed by atoms with Gasteiger partial charge in [0.1, 0.15) is 6.33 Å². The first kappa shape index (κ1) is 15.7. The predicted molar refractivity (Wildman–Crippen MR) is 84.6 cm³/mol. The van der Waals surface area contributed by atoms with Gasteiger partial charge in [0, 0.05) is 29.7 Å². The molecule has 0 atom stereocenters. The SMILES string of the molecule is Cc1cc2c(F)c(Oc3cc(CN(C)C(=O)O)ncn3)ccc2[nH]1. The molecule has 3 rings (SSSR count). The zero-order valence-electron chi connectivity index (χ0n) is 13.1. The summed E-state index contributed by atoms with van der Waals surface area (Å²) in [6.45, 7) is 1.92. The zero-order chi connectivity index (χ0) is 17.3. The number of carboxylic acid groups (broad SMARTS) is 1. The Kier molecular flexibility index (Phi) is 4.03. The van der Waals surface area contributed by atoms with Crippen molar-refractivity contribution in [1.82, 2.24) is 19.9 Å². The molecule has 0 radical (unpaired) electrons. The van der Waals surface area contributed by atoms with Gasteiger partial charge in [-0.2, -0.15) is 0 Å². The van der Waals surface area contributed by atoms with Gasteiger partial charge >= 0.3 is 6.09 Å². The van der Waals surface area contributed by atoms with E-state index in [9.17, 15) is 9.18 Å². The van der Waals surface area contributed by atoms with Crippen LogP contribution in [-0.2, 0) is 6.54 Å². The van der Waals surface area contributed by atoms with E-state index in [1.54, 1.807) is 12.1 Å². The highest BCUT2D eigenvalue weighted by Crippen LogP contribution is 2.29. The first-order valence-electron chi connectivity index (χ1n) is 7.14. The highest BCUT2D eigenvalue weighted by molar-refractivity contribution is 5.82. The molecule has 1 amide bonds. The first-order valence-corrected chi connectivity index (χ1v) is 7.14. The van der Waals surface area contributed by atoms with Crippen LogP contribution in [0.25, 0.3) is 10.9 Å². The molecule has 0 aliphatic rings. The van der Waals surface area contributed by atoms with Crippen molar-refractivity contribution in [3.8, 4) is 11.6 Å². The van der Waals surface area contributed by atoms with Crippen LogP contribution in [0, 0.1) is 12.7 Å². The van der Waals surface area contributed by atoms with Gasteiger partial charge in [0.05, 0.1) is 12.2 Å². The van der Waals surface area contributed by atoms with E-state index < -0.39 is 11.9 Å². The molecule has 0 saturated carbocycles. The average Bonchev–Trinajstić information content (AvgIpc) is 2.92. The van der Waals surface area contributed by atoms with Crippen LogP contribution in [-0.4, -0.2) is 38.1 Å². The molecule has 7 nitrogen and oxygen atoms in total. The number of hydrogen-bond donors (Lipinski definition) is 2. The number of rotatable bonds is 4. The zero-order valence-corrected chi connectivity index (χ0v) is 13.1. The second-order valence-corrected chi connectivity index (χ2v) is 5.38. The molecular weight excluding hydrogens is 315 g/mol. The summed E-state index contributed by atoms with van der Waals surface area (Å²) in [4.78, 5) is 22.9. The monoisotopic (exact) mass is 330 g/mol. The topological polar surface area (TPSA) is 91.3 Å². The molecule has 24 heavy (non-hydrogen) atoms. The minimum atomic E-state index is -1.07. The van der Waals surface area contributed by atoms with Gasteiger partial charge in [-0.05, 0) is 25.1 Å². The lowest BCUT2D eigenvalue weighted by atomic mass is 10.2. The average molecular weight is 330 g/mol. The van der Waals surface area contributed by atoms with E-state index in [2.05, 4.69) is 15.0 Å². The normalized spacial score (nSPS) is 10.8. The van der Waals surface area contributed by atoms with Crippen LogP contribution >= 0.6 is 0 Å². The van der Waals surface area contributed by atoms with Crippen LogP contribution in [0.2, 0.25) is 0 Å². The second-order valence-electron chi connectivity index (χ2n) is 5.38. The number of nitrogens with zero attached hydrogens (tertiary/aromatic N) is 3. The van der Waals surface area contributed by atoms with E-state index in [1.807, 2.05) is 6.92 Å². The van der Waals surface area contributed by atoms with Gasteiger partial charge in [0.2, 0.25) is 5.88 Å². The third-order valence-electron chi connectivity index (χ3n) is 3.48. The first-order chi connectivity index (χ1) is 11.4. The quantitative estimate of drug-likeness (QED) is 0.766. The minimum absolute atomic E-state index is 0.0396. The van der Waals surface area contributed by atoms with Crippen molar-refractivity contribution in [3.05, 3.63) is 47.8 Å². The lowest BCUT2D eigenvalue weighted by Crippen LogP contribution is -2.24. The van der Waals surface area contributed by atoms with E-state index in [0.717, 1.165) is 10.6 Å². The summed E-state index contributed by atoms with van der Waals surface area (Å²) < 4.78 is 20.0. The number of fused-ring (bicyclic) bond motifs is 1. The fourth-order valence-corrected chi connectivity index (χ4v) is 2.31. The number of benzene rings is 1. The lowest BCUT2D eigenvalue weighted by Gasteiger charge is -2.12. The van der Waals surface area contributed by atoms with Gasteiger partial charge in [-0.15, -0.1) is 0 Å². The number of aromatic amines is 1. The summed E-state index contributed by atoms with van der Waals surface area (Å²) in [5.41, 5.74) is 1.98. The summed E-state index contributed by atoms with van der Waals surface area (Å²) >= 11 is 0. The fraction of sp³-hybridized carbons (Fsp3) is 0.188. The van der Waals surface area contributed by atoms with Gasteiger partial charge < -0.3 is 19.7 Å². The Morgan fingerprint density at radius 2 is 2.17 bits per heavy atom. The summed E-state index contributed by atoms with van der Waals surface area (Å²) in [6.07, 6.45) is 0.174. The molecule has 0 fully saturated rings. The summed E-state index contributed by atoms with van der Waals surface area (Å²) in [5, 5.41) is 9.32. The highest BCUT2D eigenvalue weighted by atomic mass is 19.1. The molecule has 1 aromatic carbocycles. The maximum Gasteiger partial charge on any atom is 0.407 e. The molecular formula is C16H15FN4O3. The number of nitrogens with one attached hydrogen (secondary N) is 1. The summed E-state index contributed by atoms with van der Waals surface area (Å²) in [5.74, 6) is -0.304. The Hall–Kier alpha value is -3.16. The van der Waals surface area contributed by atoms with Crippen molar-refractivity contribution < 1.29 is 19.0 Å². The number of halogens is 1. The number of hydrogen-bond acceptors (Lipinski definition) is 4. The number of H-pyrrole nitrogens is 1. The van der Waals surface area contributed by atoms with Crippen molar-refractivity contribution in [2.45, 2.75) is 13.5 Å². The van der Waals surface area contributed by atoms with Crippen LogP contribution in [0.1, 0.15) is 11.4 Å². The molecule has 3 aromatic rings. The molecule has 0 saturated heterocycles. The van der Waals surface area contributed by atoms with Gasteiger partial charge in [0.15, 0.2) is 11.6 Å². The van der Waals surface area contributed by atoms with Crippen LogP contribution in [0.5, 0.6) is 11.6 Å². The Labute approximate surface area is 136 Å². The Bertz CT molecular complexity index is 909. The fourth-order valence-electron chi connectivity index (χ4n) is 2.31. The van der Waals surface area contributed by atoms with E-state index in [4.69, 9.17) is 9.84 Å². The molecule has 2 heterocycles. The van der Waals surface area contributed by atoms with Gasteiger partial charge in [-0.3, -0.25) is 0 Å². The number of aromatic nitrogens is 3. The van der Waals surface area contributed by atoms with E-state index in [1.165, 1.54) is 25.5 Å². The molecule has 2 aromatic heterocycles. The number of ether oxygens (including phenoxy) is 1. The molecule has 0 unspecified atom stereocenters. The van der Waals surface area contributed by atoms with Crippen LogP contribution < -0.4 is 4.74 Å². The maximum atomic E-state index is 14.5. The highest BCUT2D eigenvalue weighted by Gasteiger charge is 2.13. The van der Waals surface area contributed by atoms with E-state index in [0.29, 0.717) is 16.6 Å². The second kappa shape index (κ2) is 6.15. The molecule has 124 valence electrons. The van der Waals surface area contributed by atoms with Crippen LogP contribution in [0.4, 0.5) is 9.18 Å². The lowest BCUT2D eigenvalue weighted by molar-refractivity contribution is 0.153. The predicted octanol–water partition coefficient (Wildman–Crippen LogP) is 3.31. The minimum Gasteiger partial charge on any atom is -0.465 e. The van der Waals surface area contributed by atoms with Crippen LogP contribution in [0.15, 0.2) is 30.6 Å². The molecule has 2 N–H and O–H groups in total. The van der Waals surface area contributed by atoms with Crippen molar-refractivity contribution in [3.63, 3.8) is 0 Å². The molecule has 0 spiro atoms. The van der Waals surface area contributed by atoms with Crippen molar-refractivity contribution in [2.24, 2.45) is 0 Å². The number of carbonyl (C=O) groups is 1. The van der Waals surface area contributed by atoms with Gasteiger partial charge in [-0.1, -0.05) is 0 Å². The standard InChI is InChI=1S/C16H15FN4O3/c1-9-5-11-12(20-9)3-4-13(15(11)17)24-14-6-10(18-8-19-14)7-21(2)16(22)23/h3-6,8,20H,7H2,1-2H3,(H,22,23). The van der Waals surface area contributed by atoms with Crippen molar-refractivity contribution in [2.75, 3.05) is 7.05 Å². The van der Waals surface area contributed by atoms with Crippen molar-refractivity contribution >= 4 is 17.0 Å². The maximum absolute atomic E-state index is 14.5. The largest absolute Gasteiger partial charge is 0.465 e. The van der Waals surface area contributed by atoms with Crippen molar-refractivity contribution in [1.29, 1.82) is 0 Å². The molecule has 8 heteroatoms. The number of aryl methyl sites for hydroxylation is 1. The molecule has 0 aliphatic heterocycles. The van der Waals surface area contributed by atoms with Gasteiger partial charge in [-0.25, -0.2) is 19.2 Å². The molecule has 0 aliphatic carbocycles. The Balaban J connectivity index is 1.86. The number of amides is 1. The molecule has 0 bridgehead atoms. The third-order valence-corrected chi connectivity index (χ3v) is 3.48. The van der Waals surface area contributed by atoms with Gasteiger partial charge in [0.25, 0.3) is 0 Å². The van der Waals surface area contributed by atoms with E-state index in [-0.39, 0.29) is 18.2 Å². The van der Waals surface area contributed by atoms with Crippen LogP contribution in [0.3, 0.4) is 0 Å². The summed E-state index contributed by atoms with van der Waals surface area (Å²) in [7, 11) is 1.42. The summed E-state index contributed by atoms with van der Waals surface area (Å²) in [6, 6.07) is 6.41. The smallest absolute Gasteiger partial charge is 0.407 e. The van der Waals surface area contributed by atoms with E-state index >= 15 is 0 Å². The Morgan fingerprint density at radius 1 is 1.38 bits per heavy atom.